The second-order valence-corrected chi connectivity index (χ2v) is 1.74. The third-order valence-electron chi connectivity index (χ3n) is 0.800. The minimum Gasteiger partial charge on any atom is -0.345 e. The predicted molar refractivity (Wildman–Crippen MR) is 39.7 cm³/mol. The van der Waals surface area contributed by atoms with E-state index >= 15 is 0 Å². The second-order valence-electron chi connectivity index (χ2n) is 1.52. The SMILES string of the molecule is CCCCNC#CS. The lowest BCUT2D eigenvalue weighted by Crippen LogP contribution is -2.05. The first-order chi connectivity index (χ1) is 3.91. The van der Waals surface area contributed by atoms with Crippen LogP contribution in [-0.2, 0) is 0 Å². The lowest BCUT2D eigenvalue weighted by molar-refractivity contribution is 0.747. The molecule has 1 N–H and O–H groups in total. The molecule has 46 valence electrons. The van der Waals surface area contributed by atoms with Crippen LogP contribution in [0.15, 0.2) is 0 Å². The number of hydrogen-bond donors (Lipinski definition) is 2. The van der Waals surface area contributed by atoms with Gasteiger partial charge in [-0.15, -0.1) is 0 Å². The Morgan fingerprint density at radius 3 is 2.88 bits per heavy atom. The van der Waals surface area contributed by atoms with Gasteiger partial charge in [0.05, 0.1) is 0 Å². The molecule has 0 unspecified atom stereocenters. The summed E-state index contributed by atoms with van der Waals surface area (Å²) in [4.78, 5) is 0. The lowest BCUT2D eigenvalue weighted by Gasteiger charge is -1.91. The molecule has 0 amide bonds. The predicted octanol–water partition coefficient (Wildman–Crippen LogP) is 1.22. The Bertz CT molecular complexity index is 90.4. The molecule has 0 aliphatic carbocycles. The van der Waals surface area contributed by atoms with Gasteiger partial charge in [0, 0.05) is 12.6 Å². The summed E-state index contributed by atoms with van der Waals surface area (Å²) in [6, 6.07) is 2.65. The number of unbranched alkanes of at least 4 members (excludes halogenated alkanes) is 1. The summed E-state index contributed by atoms with van der Waals surface area (Å²) in [5.41, 5.74) is 0. The molecule has 0 fully saturated rings. The van der Waals surface area contributed by atoms with Gasteiger partial charge in [-0.25, -0.2) is 0 Å². The Labute approximate surface area is 56.3 Å². The second kappa shape index (κ2) is 6.71. The van der Waals surface area contributed by atoms with Crippen molar-refractivity contribution < 1.29 is 0 Å². The number of hydrogen-bond acceptors (Lipinski definition) is 2. The summed E-state index contributed by atoms with van der Waals surface area (Å²) in [6.07, 6.45) is 2.39. The van der Waals surface area contributed by atoms with Gasteiger partial charge in [0.1, 0.15) is 0 Å². The van der Waals surface area contributed by atoms with Crippen LogP contribution in [0.25, 0.3) is 0 Å². The van der Waals surface area contributed by atoms with Crippen molar-refractivity contribution in [1.82, 2.24) is 5.32 Å². The summed E-state index contributed by atoms with van der Waals surface area (Å²) >= 11 is 3.70. The largest absolute Gasteiger partial charge is 0.345 e. The molecule has 0 aromatic carbocycles. The van der Waals surface area contributed by atoms with Crippen molar-refractivity contribution >= 4 is 12.6 Å². The van der Waals surface area contributed by atoms with E-state index in [2.05, 4.69) is 36.2 Å². The molecule has 0 spiro atoms. The third kappa shape index (κ3) is 5.71. The first kappa shape index (κ1) is 7.71. The highest BCUT2D eigenvalue weighted by molar-refractivity contribution is 7.85. The number of rotatable bonds is 3. The first-order valence-electron chi connectivity index (χ1n) is 2.78. The van der Waals surface area contributed by atoms with Gasteiger partial charge in [-0.2, -0.15) is 0 Å². The molecule has 0 rings (SSSR count). The van der Waals surface area contributed by atoms with E-state index in [1.807, 2.05) is 0 Å². The highest BCUT2D eigenvalue weighted by Crippen LogP contribution is 1.80. The van der Waals surface area contributed by atoms with E-state index in [1.165, 1.54) is 12.8 Å². The van der Waals surface area contributed by atoms with Crippen LogP contribution < -0.4 is 5.32 Å². The summed E-state index contributed by atoms with van der Waals surface area (Å²) in [5, 5.41) is 5.36. The topological polar surface area (TPSA) is 12.0 Å². The molecule has 0 heterocycles. The zero-order valence-electron chi connectivity index (χ0n) is 5.07. The van der Waals surface area contributed by atoms with Crippen LogP contribution in [0.1, 0.15) is 19.8 Å². The van der Waals surface area contributed by atoms with Crippen molar-refractivity contribution in [2.24, 2.45) is 0 Å². The molecule has 2 heteroatoms. The van der Waals surface area contributed by atoms with E-state index in [9.17, 15) is 0 Å². The minimum atomic E-state index is 0.976. The van der Waals surface area contributed by atoms with E-state index in [-0.39, 0.29) is 0 Å². The van der Waals surface area contributed by atoms with Gasteiger partial charge in [0.25, 0.3) is 0 Å². The van der Waals surface area contributed by atoms with Gasteiger partial charge < -0.3 is 5.32 Å². The summed E-state index contributed by atoms with van der Waals surface area (Å²) in [5.74, 6) is 0. The lowest BCUT2D eigenvalue weighted by atomic mass is 10.3. The van der Waals surface area contributed by atoms with Gasteiger partial charge in [-0.1, -0.05) is 26.0 Å². The maximum atomic E-state index is 3.70. The van der Waals surface area contributed by atoms with E-state index in [0.29, 0.717) is 0 Å². The third-order valence-corrected chi connectivity index (χ3v) is 0.911. The fourth-order valence-electron chi connectivity index (χ4n) is 0.367. The van der Waals surface area contributed by atoms with Crippen molar-refractivity contribution in [3.8, 4) is 11.3 Å². The molecule has 0 bridgehead atoms. The molecular weight excluding hydrogens is 118 g/mol. The Morgan fingerprint density at radius 1 is 1.62 bits per heavy atom. The van der Waals surface area contributed by atoms with E-state index in [0.717, 1.165) is 6.54 Å². The molecular formula is C6H11NS. The fraction of sp³-hybridized carbons (Fsp3) is 0.667. The molecule has 0 radical (unpaired) electrons. The van der Waals surface area contributed by atoms with Crippen molar-refractivity contribution in [3.63, 3.8) is 0 Å². The molecule has 0 aromatic rings. The average Bonchev–Trinajstić information content (AvgIpc) is 1.81. The van der Waals surface area contributed by atoms with Crippen molar-refractivity contribution in [3.05, 3.63) is 0 Å². The van der Waals surface area contributed by atoms with Crippen LogP contribution in [0.2, 0.25) is 0 Å². The van der Waals surface area contributed by atoms with E-state index in [4.69, 9.17) is 0 Å². The van der Waals surface area contributed by atoms with Gasteiger partial charge in [-0.3, -0.25) is 0 Å². The Morgan fingerprint density at radius 2 is 2.38 bits per heavy atom. The highest BCUT2D eigenvalue weighted by Gasteiger charge is 1.75. The molecule has 0 aromatic heterocycles. The molecule has 1 nitrogen and oxygen atoms in total. The number of nitrogens with one attached hydrogen (secondary N) is 1. The van der Waals surface area contributed by atoms with Gasteiger partial charge >= 0.3 is 0 Å². The molecule has 0 saturated heterocycles. The van der Waals surface area contributed by atoms with E-state index < -0.39 is 0 Å². The summed E-state index contributed by atoms with van der Waals surface area (Å²) in [6.45, 7) is 3.12. The van der Waals surface area contributed by atoms with Gasteiger partial charge in [0.2, 0.25) is 0 Å². The first-order valence-corrected chi connectivity index (χ1v) is 3.23. The normalized spacial score (nSPS) is 7.25. The highest BCUT2D eigenvalue weighted by atomic mass is 32.1. The smallest absolute Gasteiger partial charge is 0.0229 e. The van der Waals surface area contributed by atoms with Crippen LogP contribution in [0.3, 0.4) is 0 Å². The van der Waals surface area contributed by atoms with Crippen LogP contribution in [-0.4, -0.2) is 6.54 Å². The zero-order valence-corrected chi connectivity index (χ0v) is 5.96. The fourth-order valence-corrected chi connectivity index (χ4v) is 0.446. The Kier molecular flexibility index (Phi) is 6.47. The Balaban J connectivity index is 2.79. The van der Waals surface area contributed by atoms with Crippen molar-refractivity contribution in [1.29, 1.82) is 0 Å². The monoisotopic (exact) mass is 129 g/mol. The van der Waals surface area contributed by atoms with Gasteiger partial charge in [0.15, 0.2) is 0 Å². The standard InChI is InChI=1S/C6H11NS/c1-2-3-4-7-5-6-8/h7-8H,2-4H2,1H3. The van der Waals surface area contributed by atoms with Crippen molar-refractivity contribution in [2.45, 2.75) is 19.8 Å². The summed E-state index contributed by atoms with van der Waals surface area (Å²) < 4.78 is 0. The zero-order chi connectivity index (χ0) is 6.24. The molecule has 0 aliphatic heterocycles. The minimum absolute atomic E-state index is 0.976. The molecule has 0 atom stereocenters. The molecule has 0 aliphatic rings. The van der Waals surface area contributed by atoms with Crippen LogP contribution >= 0.6 is 12.6 Å². The van der Waals surface area contributed by atoms with E-state index in [1.54, 1.807) is 0 Å². The summed E-state index contributed by atoms with van der Waals surface area (Å²) in [7, 11) is 0. The molecule has 8 heavy (non-hydrogen) atoms. The van der Waals surface area contributed by atoms with Crippen LogP contribution in [0.4, 0.5) is 0 Å². The van der Waals surface area contributed by atoms with Crippen molar-refractivity contribution in [2.75, 3.05) is 6.54 Å². The van der Waals surface area contributed by atoms with Crippen LogP contribution in [0, 0.1) is 11.3 Å². The van der Waals surface area contributed by atoms with Gasteiger partial charge in [-0.05, 0) is 11.7 Å². The maximum Gasteiger partial charge on any atom is 0.0229 e. The quantitative estimate of drug-likeness (QED) is 0.253. The maximum absolute atomic E-state index is 3.70. The number of thiol groups is 1. The average molecular weight is 129 g/mol. The molecule has 0 saturated carbocycles. The Hall–Kier alpha value is -0.290. The van der Waals surface area contributed by atoms with Crippen LogP contribution in [0.5, 0.6) is 0 Å².